The van der Waals surface area contributed by atoms with Crippen molar-refractivity contribution in [1.29, 1.82) is 0 Å². The zero-order chi connectivity index (χ0) is 17.8. The van der Waals surface area contributed by atoms with Crippen LogP contribution in [0.2, 0.25) is 0 Å². The standard InChI is InChI=1S/C13H11N7.C6H12/c1-14-13-16-8-11-9(4-6-19(11)18-13)10-2-3-12-15-5-7-20(12)17-10;1-2-4-6-5-3-1/h2-8H,1H3,(H,14,18);1-6H2. The van der Waals surface area contributed by atoms with Gasteiger partial charge in [-0.15, -0.1) is 5.10 Å². The number of fused-ring (bicyclic) bond motifs is 2. The van der Waals surface area contributed by atoms with E-state index in [0.717, 1.165) is 22.4 Å². The molecule has 134 valence electrons. The fourth-order valence-electron chi connectivity index (χ4n) is 3.25. The zero-order valence-electron chi connectivity index (χ0n) is 15.0. The van der Waals surface area contributed by atoms with Gasteiger partial charge < -0.3 is 5.32 Å². The topological polar surface area (TPSA) is 72.4 Å². The van der Waals surface area contributed by atoms with Gasteiger partial charge in [-0.3, -0.25) is 0 Å². The van der Waals surface area contributed by atoms with Crippen LogP contribution in [0, 0.1) is 0 Å². The maximum atomic E-state index is 4.54. The lowest BCUT2D eigenvalue weighted by atomic mass is 10.0. The summed E-state index contributed by atoms with van der Waals surface area (Å²) >= 11 is 0. The van der Waals surface area contributed by atoms with E-state index >= 15 is 0 Å². The molecule has 4 aromatic heterocycles. The molecule has 1 saturated carbocycles. The minimum Gasteiger partial charge on any atom is -0.356 e. The van der Waals surface area contributed by atoms with E-state index in [1.807, 2.05) is 30.6 Å². The predicted molar refractivity (Wildman–Crippen MR) is 102 cm³/mol. The number of nitrogens with zero attached hydrogens (tertiary/aromatic N) is 6. The summed E-state index contributed by atoms with van der Waals surface area (Å²) in [5.41, 5.74) is 3.59. The maximum absolute atomic E-state index is 4.54. The summed E-state index contributed by atoms with van der Waals surface area (Å²) in [5.74, 6) is 0.581. The Kier molecular flexibility index (Phi) is 4.77. The van der Waals surface area contributed by atoms with Crippen LogP contribution in [-0.2, 0) is 0 Å². The highest BCUT2D eigenvalue weighted by atomic mass is 15.3. The van der Waals surface area contributed by atoms with Gasteiger partial charge in [0.1, 0.15) is 0 Å². The van der Waals surface area contributed by atoms with Gasteiger partial charge in [-0.25, -0.2) is 19.0 Å². The van der Waals surface area contributed by atoms with E-state index in [4.69, 9.17) is 0 Å². The molecule has 0 unspecified atom stereocenters. The second-order valence-electron chi connectivity index (χ2n) is 6.46. The second-order valence-corrected chi connectivity index (χ2v) is 6.46. The summed E-state index contributed by atoms with van der Waals surface area (Å²) in [5, 5.41) is 11.8. The molecule has 7 heteroatoms. The van der Waals surface area contributed by atoms with E-state index in [9.17, 15) is 0 Å². The van der Waals surface area contributed by atoms with Crippen molar-refractivity contribution < 1.29 is 0 Å². The molecular formula is C19H23N7. The number of anilines is 1. The van der Waals surface area contributed by atoms with E-state index in [-0.39, 0.29) is 0 Å². The van der Waals surface area contributed by atoms with Crippen molar-refractivity contribution in [2.75, 3.05) is 12.4 Å². The largest absolute Gasteiger partial charge is 0.356 e. The van der Waals surface area contributed by atoms with Crippen LogP contribution in [0.4, 0.5) is 5.95 Å². The van der Waals surface area contributed by atoms with E-state index in [0.29, 0.717) is 5.95 Å². The van der Waals surface area contributed by atoms with Crippen LogP contribution in [0.15, 0.2) is 43.0 Å². The Hall–Kier alpha value is -2.96. The third-order valence-electron chi connectivity index (χ3n) is 4.67. The number of nitrogens with one attached hydrogen (secondary N) is 1. The molecule has 0 aliphatic heterocycles. The molecule has 0 amide bonds. The van der Waals surface area contributed by atoms with Crippen LogP contribution in [0.3, 0.4) is 0 Å². The molecule has 0 radical (unpaired) electrons. The number of hydrogen-bond donors (Lipinski definition) is 1. The molecule has 0 bridgehead atoms. The zero-order valence-corrected chi connectivity index (χ0v) is 15.0. The molecule has 0 atom stereocenters. The molecule has 0 saturated heterocycles. The van der Waals surface area contributed by atoms with Crippen molar-refractivity contribution in [3.05, 3.63) is 43.0 Å². The number of hydrogen-bond acceptors (Lipinski definition) is 5. The van der Waals surface area contributed by atoms with Crippen LogP contribution < -0.4 is 5.32 Å². The van der Waals surface area contributed by atoms with Crippen LogP contribution >= 0.6 is 0 Å². The van der Waals surface area contributed by atoms with Crippen LogP contribution in [0.1, 0.15) is 38.5 Å². The third kappa shape index (κ3) is 3.37. The van der Waals surface area contributed by atoms with Gasteiger partial charge in [0.25, 0.3) is 0 Å². The van der Waals surface area contributed by atoms with Crippen molar-refractivity contribution in [1.82, 2.24) is 29.2 Å². The maximum Gasteiger partial charge on any atom is 0.240 e. The Balaban J connectivity index is 0.000000240. The third-order valence-corrected chi connectivity index (χ3v) is 4.67. The molecular weight excluding hydrogens is 326 g/mol. The molecule has 1 aliphatic rings. The highest BCUT2D eigenvalue weighted by Gasteiger charge is 2.09. The lowest BCUT2D eigenvalue weighted by Gasteiger charge is -2.05. The van der Waals surface area contributed by atoms with E-state index in [1.54, 1.807) is 28.5 Å². The summed E-state index contributed by atoms with van der Waals surface area (Å²) in [6.45, 7) is 0. The Bertz CT molecular complexity index is 986. The molecule has 1 aliphatic carbocycles. The first-order valence-electron chi connectivity index (χ1n) is 9.18. The smallest absolute Gasteiger partial charge is 0.240 e. The highest BCUT2D eigenvalue weighted by Crippen LogP contribution is 2.23. The quantitative estimate of drug-likeness (QED) is 0.595. The highest BCUT2D eigenvalue weighted by molar-refractivity contribution is 5.78. The lowest BCUT2D eigenvalue weighted by molar-refractivity contribution is 0.504. The number of imidazole rings is 1. The van der Waals surface area contributed by atoms with Gasteiger partial charge in [-0.1, -0.05) is 38.5 Å². The fourth-order valence-corrected chi connectivity index (χ4v) is 3.25. The molecule has 4 heterocycles. The van der Waals surface area contributed by atoms with Crippen molar-refractivity contribution in [2.45, 2.75) is 38.5 Å². The average Bonchev–Trinajstić information content (AvgIpc) is 3.35. The van der Waals surface area contributed by atoms with Gasteiger partial charge in [-0.05, 0) is 18.2 Å². The van der Waals surface area contributed by atoms with Crippen molar-refractivity contribution in [3.63, 3.8) is 0 Å². The Morgan fingerprint density at radius 3 is 2.35 bits per heavy atom. The summed E-state index contributed by atoms with van der Waals surface area (Å²) in [7, 11) is 1.79. The molecule has 0 aromatic carbocycles. The first kappa shape index (κ1) is 16.5. The SMILES string of the molecule is C1CCCCC1.CNc1ncc2c(-c3ccc4nccn4n3)ccn2n1. The van der Waals surface area contributed by atoms with Gasteiger partial charge in [0, 0.05) is 31.2 Å². The molecule has 5 rings (SSSR count). The normalized spacial score (nSPS) is 14.2. The van der Waals surface area contributed by atoms with Gasteiger partial charge in [0.15, 0.2) is 5.65 Å². The Morgan fingerprint density at radius 1 is 0.846 bits per heavy atom. The average molecular weight is 349 g/mol. The fraction of sp³-hybridized carbons (Fsp3) is 0.368. The second kappa shape index (κ2) is 7.51. The molecule has 7 nitrogen and oxygen atoms in total. The lowest BCUT2D eigenvalue weighted by Crippen LogP contribution is -2.00. The first-order chi connectivity index (χ1) is 12.8. The van der Waals surface area contributed by atoms with Gasteiger partial charge in [0.2, 0.25) is 5.95 Å². The number of aromatic nitrogens is 6. The van der Waals surface area contributed by atoms with E-state index in [2.05, 4.69) is 25.5 Å². The van der Waals surface area contributed by atoms with Crippen LogP contribution in [0.25, 0.3) is 22.4 Å². The van der Waals surface area contributed by atoms with Gasteiger partial charge in [-0.2, -0.15) is 5.10 Å². The molecule has 4 aromatic rings. The summed E-state index contributed by atoms with van der Waals surface area (Å²) in [6, 6.07) is 5.87. The van der Waals surface area contributed by atoms with Gasteiger partial charge >= 0.3 is 0 Å². The van der Waals surface area contributed by atoms with Crippen molar-refractivity contribution in [2.24, 2.45) is 0 Å². The predicted octanol–water partition coefficient (Wildman–Crippen LogP) is 3.82. The van der Waals surface area contributed by atoms with Crippen molar-refractivity contribution in [3.8, 4) is 11.3 Å². The monoisotopic (exact) mass is 349 g/mol. The van der Waals surface area contributed by atoms with Crippen molar-refractivity contribution >= 4 is 17.1 Å². The Morgan fingerprint density at radius 2 is 1.62 bits per heavy atom. The minimum atomic E-state index is 0.581. The van der Waals surface area contributed by atoms with Crippen LogP contribution in [-0.4, -0.2) is 36.2 Å². The van der Waals surface area contributed by atoms with Crippen LogP contribution in [0.5, 0.6) is 0 Å². The minimum absolute atomic E-state index is 0.581. The first-order valence-corrected chi connectivity index (χ1v) is 9.18. The summed E-state index contributed by atoms with van der Waals surface area (Å²) in [4.78, 5) is 8.43. The summed E-state index contributed by atoms with van der Waals surface area (Å²) < 4.78 is 3.54. The molecule has 1 N–H and O–H groups in total. The Labute approximate surface area is 152 Å². The molecule has 26 heavy (non-hydrogen) atoms. The molecule has 1 fully saturated rings. The summed E-state index contributed by atoms with van der Waals surface area (Å²) in [6.07, 6.45) is 16.2. The van der Waals surface area contributed by atoms with Gasteiger partial charge in [0.05, 0.1) is 17.4 Å². The van der Waals surface area contributed by atoms with E-state index < -0.39 is 0 Å². The molecule has 0 spiro atoms. The number of rotatable bonds is 2. The van der Waals surface area contributed by atoms with E-state index in [1.165, 1.54) is 38.5 Å².